The van der Waals surface area contributed by atoms with Gasteiger partial charge in [-0.3, -0.25) is 4.79 Å². The van der Waals surface area contributed by atoms with Crippen LogP contribution in [0.4, 0.5) is 0 Å². The van der Waals surface area contributed by atoms with E-state index in [-0.39, 0.29) is 11.8 Å². The van der Waals surface area contributed by atoms with Crippen molar-refractivity contribution in [3.8, 4) is 11.3 Å². The number of aromatic amines is 2. The Morgan fingerprint density at radius 2 is 1.68 bits per heavy atom. The highest BCUT2D eigenvalue weighted by Crippen LogP contribution is 2.42. The summed E-state index contributed by atoms with van der Waals surface area (Å²) < 4.78 is 0. The maximum absolute atomic E-state index is 14.0. The molecule has 1 amide bonds. The number of hydrogen-bond acceptors (Lipinski definition) is 4. The van der Waals surface area contributed by atoms with Crippen molar-refractivity contribution in [2.75, 3.05) is 0 Å². The number of carbonyl (C=O) groups excluding carboxylic acids is 1. The largest absolute Gasteiger partial charge is 0.343 e. The highest BCUT2D eigenvalue weighted by atomic mass is 16.2. The lowest BCUT2D eigenvalue weighted by Gasteiger charge is -2.32. The zero-order chi connectivity index (χ0) is 28.5. The summed E-state index contributed by atoms with van der Waals surface area (Å²) in [6.07, 6.45) is 10.9. The van der Waals surface area contributed by atoms with E-state index in [1.807, 2.05) is 12.4 Å². The Hall–Kier alpha value is -4.00. The predicted molar refractivity (Wildman–Crippen MR) is 163 cm³/mol. The molecule has 0 aliphatic carbocycles. The normalized spacial score (nSPS) is 19.5. The minimum atomic E-state index is -0.653. The first kappa shape index (κ1) is 25.9. The Morgan fingerprint density at radius 3 is 2.39 bits per heavy atom. The van der Waals surface area contributed by atoms with Gasteiger partial charge in [0.1, 0.15) is 5.65 Å². The first-order valence-electron chi connectivity index (χ1n) is 14.9. The molecule has 6 heterocycles. The van der Waals surface area contributed by atoms with Crippen molar-refractivity contribution in [3.63, 3.8) is 0 Å². The van der Waals surface area contributed by atoms with Crippen LogP contribution in [0.3, 0.4) is 0 Å². The van der Waals surface area contributed by atoms with Crippen LogP contribution in [0, 0.1) is 13.8 Å². The molecule has 1 atom stereocenters. The number of amides is 1. The molecule has 2 saturated heterocycles. The lowest BCUT2D eigenvalue weighted by molar-refractivity contribution is -0.137. The van der Waals surface area contributed by atoms with E-state index in [9.17, 15) is 4.79 Å². The molecule has 2 aliphatic rings. The smallest absolute Gasteiger partial charge is 0.233 e. The van der Waals surface area contributed by atoms with Crippen molar-refractivity contribution in [1.29, 1.82) is 0 Å². The molecule has 2 fully saturated rings. The molecule has 4 aromatic heterocycles. The second kappa shape index (κ2) is 9.54. The van der Waals surface area contributed by atoms with Gasteiger partial charge in [0, 0.05) is 29.9 Å². The fourth-order valence-corrected chi connectivity index (χ4v) is 7.42. The van der Waals surface area contributed by atoms with Crippen LogP contribution in [-0.2, 0) is 16.6 Å². The zero-order valence-electron chi connectivity index (χ0n) is 24.6. The Morgan fingerprint density at radius 1 is 0.976 bits per heavy atom. The van der Waals surface area contributed by atoms with Gasteiger partial charge in [-0.2, -0.15) is 0 Å². The molecule has 7 nitrogen and oxygen atoms in total. The number of pyridine rings is 2. The summed E-state index contributed by atoms with van der Waals surface area (Å²) in [7, 11) is 0. The van der Waals surface area contributed by atoms with Gasteiger partial charge in [-0.15, -0.1) is 0 Å². The minimum Gasteiger partial charge on any atom is -0.343 e. The molecule has 0 unspecified atom stereocenters. The fourth-order valence-electron chi connectivity index (χ4n) is 7.42. The Kier molecular flexibility index (Phi) is 6.03. The third kappa shape index (κ3) is 4.33. The molecule has 7 rings (SSSR count). The first-order valence-corrected chi connectivity index (χ1v) is 14.9. The van der Waals surface area contributed by atoms with Crippen LogP contribution < -0.4 is 0 Å². The number of carbonyl (C=O) groups is 1. The maximum atomic E-state index is 14.0. The quantitative estimate of drug-likeness (QED) is 0.242. The molecule has 0 spiro atoms. The number of nitrogens with one attached hydrogen (secondary N) is 2. The van der Waals surface area contributed by atoms with E-state index in [2.05, 4.69) is 89.8 Å². The molecule has 2 aliphatic heterocycles. The molecule has 0 radical (unpaired) electrons. The van der Waals surface area contributed by atoms with Crippen molar-refractivity contribution >= 4 is 28.1 Å². The van der Waals surface area contributed by atoms with Crippen LogP contribution in [-0.4, -0.2) is 47.8 Å². The van der Waals surface area contributed by atoms with E-state index >= 15 is 0 Å². The second-order valence-corrected chi connectivity index (χ2v) is 12.9. The van der Waals surface area contributed by atoms with Crippen molar-refractivity contribution < 1.29 is 4.79 Å². The Balaban J connectivity index is 1.33. The lowest BCUT2D eigenvalue weighted by Crippen LogP contribution is -2.46. The summed E-state index contributed by atoms with van der Waals surface area (Å²) in [5, 5.41) is 1.09. The summed E-state index contributed by atoms with van der Waals surface area (Å²) in [6.45, 7) is 10.7. The molecule has 1 aromatic carbocycles. The molecule has 0 saturated carbocycles. The SMILES string of the molecule is Cc1cc(C)cc(-c2[nH]c3ncc(C(C)(C)C(=O)N4C5CCC4CC5)cc3c2[C@@H](C)Cc2cnc3nc[nH]c3c2)c1. The Bertz CT molecular complexity index is 1760. The third-order valence-electron chi connectivity index (χ3n) is 9.51. The number of rotatable bonds is 6. The molecule has 5 aromatic rings. The predicted octanol–water partition coefficient (Wildman–Crippen LogP) is 6.90. The Labute approximate surface area is 240 Å². The van der Waals surface area contributed by atoms with Crippen LogP contribution >= 0.6 is 0 Å². The summed E-state index contributed by atoms with van der Waals surface area (Å²) >= 11 is 0. The van der Waals surface area contributed by atoms with E-state index in [4.69, 9.17) is 4.98 Å². The molecule has 210 valence electrons. The molecule has 2 N–H and O–H groups in total. The van der Waals surface area contributed by atoms with E-state index in [1.165, 1.54) is 16.7 Å². The van der Waals surface area contributed by atoms with Gasteiger partial charge in [-0.05, 0) is 112 Å². The summed E-state index contributed by atoms with van der Waals surface area (Å²) in [4.78, 5) is 36.8. The van der Waals surface area contributed by atoms with Crippen molar-refractivity contribution in [2.45, 2.75) is 90.1 Å². The maximum Gasteiger partial charge on any atom is 0.233 e. The molecule has 7 heteroatoms. The van der Waals surface area contributed by atoms with Gasteiger partial charge >= 0.3 is 0 Å². The standard InChI is InChI=1S/C34H38N6O/c1-19-10-20(2)12-23(11-19)30-29(21(3)13-22-14-28-32(35-16-22)38-18-37-28)27-15-24(17-36-31(27)39-30)34(4,5)33(41)40-25-6-7-26(40)9-8-25/h10-12,14-18,21,25-26H,6-9,13H2,1-5H3,(H,36,39)(H,35,37,38)/t21-,25?,26?/m0/s1. The van der Waals surface area contributed by atoms with Gasteiger partial charge in [0.15, 0.2) is 5.65 Å². The number of hydrogen-bond donors (Lipinski definition) is 2. The summed E-state index contributed by atoms with van der Waals surface area (Å²) in [6, 6.07) is 11.9. The van der Waals surface area contributed by atoms with E-state index < -0.39 is 5.41 Å². The monoisotopic (exact) mass is 546 g/mol. The molecule has 2 bridgehead atoms. The number of benzene rings is 1. The van der Waals surface area contributed by atoms with Gasteiger partial charge in [-0.1, -0.05) is 24.1 Å². The van der Waals surface area contributed by atoms with E-state index in [0.29, 0.717) is 12.1 Å². The third-order valence-corrected chi connectivity index (χ3v) is 9.51. The zero-order valence-corrected chi connectivity index (χ0v) is 24.6. The second-order valence-electron chi connectivity index (χ2n) is 12.9. The van der Waals surface area contributed by atoms with Crippen LogP contribution in [0.25, 0.3) is 33.5 Å². The number of imidazole rings is 1. The molecular formula is C34H38N6O. The van der Waals surface area contributed by atoms with Crippen molar-refractivity contribution in [3.05, 3.63) is 76.9 Å². The number of fused-ring (bicyclic) bond motifs is 4. The van der Waals surface area contributed by atoms with Gasteiger partial charge in [-0.25, -0.2) is 15.0 Å². The first-order chi connectivity index (χ1) is 19.7. The van der Waals surface area contributed by atoms with Crippen molar-refractivity contribution in [2.24, 2.45) is 0 Å². The van der Waals surface area contributed by atoms with Crippen LogP contribution in [0.1, 0.15) is 80.2 Å². The van der Waals surface area contributed by atoms with Crippen LogP contribution in [0.15, 0.2) is 49.1 Å². The number of nitrogens with zero attached hydrogens (tertiary/aromatic N) is 4. The van der Waals surface area contributed by atoms with E-state index in [1.54, 1.807) is 6.33 Å². The van der Waals surface area contributed by atoms with E-state index in [0.717, 1.165) is 76.7 Å². The van der Waals surface area contributed by atoms with Crippen LogP contribution in [0.5, 0.6) is 0 Å². The number of H-pyrrole nitrogens is 2. The van der Waals surface area contributed by atoms with Gasteiger partial charge in [0.25, 0.3) is 0 Å². The average molecular weight is 547 g/mol. The topological polar surface area (TPSA) is 90.6 Å². The highest BCUT2D eigenvalue weighted by Gasteiger charge is 2.47. The highest BCUT2D eigenvalue weighted by molar-refractivity contribution is 5.93. The summed E-state index contributed by atoms with van der Waals surface area (Å²) in [5.74, 6) is 0.411. The lowest BCUT2D eigenvalue weighted by atomic mass is 9.82. The minimum absolute atomic E-state index is 0.173. The van der Waals surface area contributed by atoms with Gasteiger partial charge in [0.2, 0.25) is 5.91 Å². The molecule has 41 heavy (non-hydrogen) atoms. The van der Waals surface area contributed by atoms with Crippen LogP contribution in [0.2, 0.25) is 0 Å². The fraction of sp³-hybridized carbons (Fsp3) is 0.412. The average Bonchev–Trinajstić information content (AvgIpc) is 3.74. The van der Waals surface area contributed by atoms with Crippen molar-refractivity contribution in [1.82, 2.24) is 29.8 Å². The number of aromatic nitrogens is 5. The summed E-state index contributed by atoms with van der Waals surface area (Å²) in [5.41, 5.74) is 9.96. The number of aryl methyl sites for hydroxylation is 2. The van der Waals surface area contributed by atoms with Gasteiger partial charge in [0.05, 0.1) is 23.0 Å². The van der Waals surface area contributed by atoms with Gasteiger partial charge < -0.3 is 14.9 Å². The molecular weight excluding hydrogens is 508 g/mol.